The van der Waals surface area contributed by atoms with E-state index in [1.165, 1.54) is 11.1 Å². The van der Waals surface area contributed by atoms with E-state index in [-0.39, 0.29) is 6.04 Å². The van der Waals surface area contributed by atoms with Gasteiger partial charge in [-0.15, -0.1) is 0 Å². The van der Waals surface area contributed by atoms with Crippen LogP contribution in [0, 0.1) is 0 Å². The predicted molar refractivity (Wildman–Crippen MR) is 89.5 cm³/mol. The van der Waals surface area contributed by atoms with Crippen LogP contribution in [0.2, 0.25) is 0 Å². The summed E-state index contributed by atoms with van der Waals surface area (Å²) in [6, 6.07) is 14.4. The van der Waals surface area contributed by atoms with Crippen molar-refractivity contribution in [2.75, 3.05) is 6.61 Å². The molecule has 1 aliphatic heterocycles. The van der Waals surface area contributed by atoms with Gasteiger partial charge in [-0.05, 0) is 39.8 Å². The van der Waals surface area contributed by atoms with Crippen molar-refractivity contribution in [3.63, 3.8) is 0 Å². The van der Waals surface area contributed by atoms with Crippen LogP contribution in [0.4, 0.5) is 4.79 Å². The Morgan fingerprint density at radius 2 is 2.00 bits per heavy atom. The largest absolute Gasteiger partial charge is 0.465 e. The van der Waals surface area contributed by atoms with Crippen molar-refractivity contribution in [2.45, 2.75) is 32.4 Å². The third kappa shape index (κ3) is 3.37. The van der Waals surface area contributed by atoms with Gasteiger partial charge in [0.2, 0.25) is 0 Å². The van der Waals surface area contributed by atoms with Crippen molar-refractivity contribution in [1.29, 1.82) is 0 Å². The number of hydrogen-bond acceptors (Lipinski definition) is 2. The van der Waals surface area contributed by atoms with Gasteiger partial charge < -0.3 is 15.2 Å². The third-order valence-electron chi connectivity index (χ3n) is 4.24. The summed E-state index contributed by atoms with van der Waals surface area (Å²) in [6.07, 6.45) is -1.03. The zero-order valence-corrected chi connectivity index (χ0v) is 13.4. The lowest BCUT2D eigenvalue weighted by atomic mass is 9.92. The first kappa shape index (κ1) is 15.6. The summed E-state index contributed by atoms with van der Waals surface area (Å²) in [4.78, 5) is 10.9. The van der Waals surface area contributed by atoms with E-state index in [0.29, 0.717) is 19.1 Å². The molecule has 1 atom stereocenters. The topological polar surface area (TPSA) is 58.6 Å². The SMILES string of the molecule is CC(C)c1cccc(-c2ccc3c(c2)COCC3NC(=O)O)c1. The Morgan fingerprint density at radius 1 is 1.22 bits per heavy atom. The van der Waals surface area contributed by atoms with Gasteiger partial charge in [0.05, 0.1) is 19.3 Å². The van der Waals surface area contributed by atoms with Crippen LogP contribution in [0.3, 0.4) is 0 Å². The lowest BCUT2D eigenvalue weighted by Crippen LogP contribution is -2.33. The number of rotatable bonds is 3. The normalized spacial score (nSPS) is 16.9. The minimum absolute atomic E-state index is 0.299. The second-order valence-electron chi connectivity index (χ2n) is 6.21. The Hall–Kier alpha value is -2.33. The molecule has 0 bridgehead atoms. The second kappa shape index (κ2) is 6.42. The molecule has 3 rings (SSSR count). The Labute approximate surface area is 136 Å². The zero-order chi connectivity index (χ0) is 16.4. The van der Waals surface area contributed by atoms with Crippen molar-refractivity contribution in [3.8, 4) is 11.1 Å². The minimum Gasteiger partial charge on any atom is -0.465 e. The fraction of sp³-hybridized carbons (Fsp3) is 0.316. The average molecular weight is 311 g/mol. The molecule has 1 amide bonds. The summed E-state index contributed by atoms with van der Waals surface area (Å²) in [7, 11) is 0. The number of carbonyl (C=O) groups is 1. The molecule has 4 heteroatoms. The lowest BCUT2D eigenvalue weighted by molar-refractivity contribution is 0.0809. The van der Waals surface area contributed by atoms with E-state index in [1.807, 2.05) is 6.07 Å². The molecule has 120 valence electrons. The van der Waals surface area contributed by atoms with E-state index in [9.17, 15) is 4.79 Å². The number of benzene rings is 2. The van der Waals surface area contributed by atoms with Crippen LogP contribution in [0.1, 0.15) is 42.5 Å². The molecule has 0 aliphatic carbocycles. The van der Waals surface area contributed by atoms with Crippen molar-refractivity contribution in [3.05, 3.63) is 59.2 Å². The van der Waals surface area contributed by atoms with Crippen molar-refractivity contribution in [1.82, 2.24) is 5.32 Å². The van der Waals surface area contributed by atoms with Gasteiger partial charge in [-0.1, -0.05) is 50.2 Å². The Bertz CT molecular complexity index is 724. The molecule has 1 aliphatic rings. The van der Waals surface area contributed by atoms with E-state index < -0.39 is 6.09 Å². The number of fused-ring (bicyclic) bond motifs is 1. The Kier molecular flexibility index (Phi) is 4.35. The Balaban J connectivity index is 1.94. The molecule has 2 aromatic rings. The summed E-state index contributed by atoms with van der Waals surface area (Å²) in [5, 5.41) is 11.5. The number of hydrogen-bond donors (Lipinski definition) is 2. The first-order valence-electron chi connectivity index (χ1n) is 7.85. The van der Waals surface area contributed by atoms with Crippen LogP contribution < -0.4 is 5.32 Å². The van der Waals surface area contributed by atoms with Crippen LogP contribution in [-0.4, -0.2) is 17.8 Å². The Morgan fingerprint density at radius 3 is 2.74 bits per heavy atom. The van der Waals surface area contributed by atoms with Gasteiger partial charge in [0.25, 0.3) is 0 Å². The molecule has 0 radical (unpaired) electrons. The highest BCUT2D eigenvalue weighted by Crippen LogP contribution is 2.30. The van der Waals surface area contributed by atoms with Crippen LogP contribution in [-0.2, 0) is 11.3 Å². The summed E-state index contributed by atoms with van der Waals surface area (Å²) in [5.74, 6) is 0.486. The van der Waals surface area contributed by atoms with Gasteiger partial charge >= 0.3 is 6.09 Å². The van der Waals surface area contributed by atoms with E-state index in [2.05, 4.69) is 55.6 Å². The molecule has 2 aromatic carbocycles. The summed E-state index contributed by atoms with van der Waals surface area (Å²) in [6.45, 7) is 5.26. The summed E-state index contributed by atoms with van der Waals surface area (Å²) in [5.41, 5.74) is 5.66. The van der Waals surface area contributed by atoms with Crippen LogP contribution in [0.5, 0.6) is 0 Å². The number of ether oxygens (including phenoxy) is 1. The first-order chi connectivity index (χ1) is 11.0. The minimum atomic E-state index is -1.03. The van der Waals surface area contributed by atoms with Gasteiger partial charge in [0.15, 0.2) is 0 Å². The molecule has 0 saturated carbocycles. The molecular formula is C19H21NO3. The lowest BCUT2D eigenvalue weighted by Gasteiger charge is -2.26. The van der Waals surface area contributed by atoms with Crippen LogP contribution in [0.15, 0.2) is 42.5 Å². The van der Waals surface area contributed by atoms with Crippen LogP contribution in [0.25, 0.3) is 11.1 Å². The molecule has 23 heavy (non-hydrogen) atoms. The van der Waals surface area contributed by atoms with Crippen molar-refractivity contribution >= 4 is 6.09 Å². The average Bonchev–Trinajstić information content (AvgIpc) is 2.54. The summed E-state index contributed by atoms with van der Waals surface area (Å²) < 4.78 is 5.54. The van der Waals surface area contributed by atoms with Gasteiger partial charge in [0.1, 0.15) is 0 Å². The highest BCUT2D eigenvalue weighted by atomic mass is 16.5. The molecule has 0 spiro atoms. The maximum Gasteiger partial charge on any atom is 0.405 e. The smallest absolute Gasteiger partial charge is 0.405 e. The maximum atomic E-state index is 10.9. The van der Waals surface area contributed by atoms with E-state index in [1.54, 1.807) is 0 Å². The van der Waals surface area contributed by atoms with E-state index in [0.717, 1.165) is 16.7 Å². The zero-order valence-electron chi connectivity index (χ0n) is 13.4. The molecule has 0 aromatic heterocycles. The monoisotopic (exact) mass is 311 g/mol. The fourth-order valence-electron chi connectivity index (χ4n) is 2.97. The molecule has 4 nitrogen and oxygen atoms in total. The van der Waals surface area contributed by atoms with Gasteiger partial charge in [-0.3, -0.25) is 0 Å². The first-order valence-corrected chi connectivity index (χ1v) is 7.85. The molecule has 0 saturated heterocycles. The highest BCUT2D eigenvalue weighted by Gasteiger charge is 2.22. The highest BCUT2D eigenvalue weighted by molar-refractivity contribution is 5.68. The van der Waals surface area contributed by atoms with E-state index >= 15 is 0 Å². The van der Waals surface area contributed by atoms with Gasteiger partial charge in [-0.25, -0.2) is 4.79 Å². The molecule has 2 N–H and O–H groups in total. The quantitative estimate of drug-likeness (QED) is 0.887. The van der Waals surface area contributed by atoms with Crippen molar-refractivity contribution < 1.29 is 14.6 Å². The molecule has 0 fully saturated rings. The summed E-state index contributed by atoms with van der Waals surface area (Å²) >= 11 is 0. The predicted octanol–water partition coefficient (Wildman–Crippen LogP) is 4.32. The fourth-order valence-corrected chi connectivity index (χ4v) is 2.97. The molecular weight excluding hydrogens is 290 g/mol. The van der Waals surface area contributed by atoms with Crippen molar-refractivity contribution in [2.24, 2.45) is 0 Å². The second-order valence-corrected chi connectivity index (χ2v) is 6.21. The number of nitrogens with one attached hydrogen (secondary N) is 1. The van der Waals surface area contributed by atoms with Gasteiger partial charge in [-0.2, -0.15) is 0 Å². The molecule has 1 heterocycles. The third-order valence-corrected chi connectivity index (χ3v) is 4.24. The standard InChI is InChI=1S/C19H21NO3/c1-12(2)13-4-3-5-14(8-13)15-6-7-17-16(9-15)10-23-11-18(17)20-19(21)22/h3-9,12,18,20H,10-11H2,1-2H3,(H,21,22). The van der Waals surface area contributed by atoms with Gasteiger partial charge in [0, 0.05) is 0 Å². The number of amides is 1. The van der Waals surface area contributed by atoms with Crippen LogP contribution >= 0.6 is 0 Å². The maximum absolute atomic E-state index is 10.9. The van der Waals surface area contributed by atoms with E-state index in [4.69, 9.17) is 9.84 Å². The number of carboxylic acid groups (broad SMARTS) is 1. The molecule has 1 unspecified atom stereocenters.